The van der Waals surface area contributed by atoms with E-state index in [4.69, 9.17) is 0 Å². The lowest BCUT2D eigenvalue weighted by atomic mass is 9.76. The van der Waals surface area contributed by atoms with Gasteiger partial charge in [0.05, 0.1) is 0 Å². The van der Waals surface area contributed by atoms with Crippen molar-refractivity contribution in [3.05, 3.63) is 0 Å². The van der Waals surface area contributed by atoms with Crippen LogP contribution in [0.4, 0.5) is 0 Å². The molecule has 0 aromatic rings. The van der Waals surface area contributed by atoms with Crippen LogP contribution in [-0.4, -0.2) is 0 Å². The summed E-state index contributed by atoms with van der Waals surface area (Å²) in [6, 6.07) is 0. The number of hydrogen-bond donors (Lipinski definition) is 0. The van der Waals surface area contributed by atoms with E-state index in [1.165, 1.54) is 12.8 Å². The summed E-state index contributed by atoms with van der Waals surface area (Å²) >= 11 is 0. The van der Waals surface area contributed by atoms with Crippen LogP contribution in [0.1, 0.15) is 61.3 Å². The van der Waals surface area contributed by atoms with Crippen LogP contribution in [-0.2, 0) is 0 Å². The monoisotopic (exact) mass is 196 g/mol. The van der Waals surface area contributed by atoms with E-state index in [0.717, 1.165) is 17.8 Å². The second-order valence-electron chi connectivity index (χ2n) is 6.71. The van der Waals surface area contributed by atoms with Gasteiger partial charge in [-0.25, -0.2) is 0 Å². The van der Waals surface area contributed by atoms with Crippen molar-refractivity contribution in [3.63, 3.8) is 0 Å². The minimum Gasteiger partial charge on any atom is -0.0648 e. The van der Waals surface area contributed by atoms with Gasteiger partial charge < -0.3 is 0 Å². The zero-order valence-corrected chi connectivity index (χ0v) is 11.1. The van der Waals surface area contributed by atoms with E-state index in [-0.39, 0.29) is 0 Å². The molecule has 0 radical (unpaired) electrons. The Labute approximate surface area is 90.5 Å². The first-order chi connectivity index (χ1) is 6.25. The van der Waals surface area contributed by atoms with Gasteiger partial charge in [-0.15, -0.1) is 0 Å². The van der Waals surface area contributed by atoms with E-state index in [2.05, 4.69) is 48.5 Å². The fourth-order valence-electron chi connectivity index (χ4n) is 4.09. The third-order valence-corrected chi connectivity index (χ3v) is 4.68. The summed E-state index contributed by atoms with van der Waals surface area (Å²) in [6.07, 6.45) is 2.72. The van der Waals surface area contributed by atoms with Crippen molar-refractivity contribution in [1.82, 2.24) is 0 Å². The molecule has 3 unspecified atom stereocenters. The molecule has 1 aliphatic carbocycles. The summed E-state index contributed by atoms with van der Waals surface area (Å²) in [5, 5.41) is 0. The molecular formula is C14H28. The van der Waals surface area contributed by atoms with Crippen molar-refractivity contribution in [1.29, 1.82) is 0 Å². The third-order valence-electron chi connectivity index (χ3n) is 4.68. The van der Waals surface area contributed by atoms with Crippen molar-refractivity contribution < 1.29 is 0 Å². The smallest absolute Gasteiger partial charge is 0.0264 e. The zero-order valence-electron chi connectivity index (χ0n) is 11.1. The van der Waals surface area contributed by atoms with Crippen LogP contribution in [0.3, 0.4) is 0 Å². The Hall–Kier alpha value is 0. The van der Waals surface area contributed by atoms with Gasteiger partial charge in [-0.2, -0.15) is 0 Å². The molecule has 0 heteroatoms. The lowest BCUT2D eigenvalue weighted by Crippen LogP contribution is -2.20. The Bertz CT molecular complexity index is 202. The van der Waals surface area contributed by atoms with Gasteiger partial charge in [-0.1, -0.05) is 54.9 Å². The second kappa shape index (κ2) is 3.54. The molecule has 0 amide bonds. The SMILES string of the molecule is CCC1(C)C(C)C1C(C)(C)CC(C)C. The van der Waals surface area contributed by atoms with Gasteiger partial charge in [0.1, 0.15) is 0 Å². The molecule has 0 heterocycles. The molecular weight excluding hydrogens is 168 g/mol. The topological polar surface area (TPSA) is 0 Å². The van der Waals surface area contributed by atoms with E-state index in [9.17, 15) is 0 Å². The molecule has 0 spiro atoms. The van der Waals surface area contributed by atoms with Crippen molar-refractivity contribution in [3.8, 4) is 0 Å². The van der Waals surface area contributed by atoms with E-state index in [1.54, 1.807) is 0 Å². The van der Waals surface area contributed by atoms with Gasteiger partial charge in [0.25, 0.3) is 0 Å². The molecule has 0 aromatic carbocycles. The largest absolute Gasteiger partial charge is 0.0648 e. The molecule has 1 fully saturated rings. The molecule has 0 aromatic heterocycles. The predicted octanol–water partition coefficient (Wildman–Crippen LogP) is 4.74. The van der Waals surface area contributed by atoms with Crippen LogP contribution in [0.2, 0.25) is 0 Å². The van der Waals surface area contributed by atoms with Crippen LogP contribution in [0, 0.1) is 28.6 Å². The lowest BCUT2D eigenvalue weighted by molar-refractivity contribution is 0.206. The Balaban J connectivity index is 2.67. The first-order valence-electron chi connectivity index (χ1n) is 6.25. The first-order valence-corrected chi connectivity index (χ1v) is 6.25. The molecule has 0 aliphatic heterocycles. The summed E-state index contributed by atoms with van der Waals surface area (Å²) in [5.74, 6) is 2.71. The summed E-state index contributed by atoms with van der Waals surface area (Å²) in [6.45, 7) is 16.9. The molecule has 0 N–H and O–H groups in total. The summed E-state index contributed by atoms with van der Waals surface area (Å²) in [7, 11) is 0. The normalized spacial score (nSPS) is 37.7. The molecule has 3 atom stereocenters. The molecule has 0 nitrogen and oxygen atoms in total. The standard InChI is InChI=1S/C14H28/c1-8-14(7)11(4)12(14)13(5,6)9-10(2)3/h10-12H,8-9H2,1-7H3. The van der Waals surface area contributed by atoms with Crippen LogP contribution in [0.25, 0.3) is 0 Å². The van der Waals surface area contributed by atoms with E-state index in [1.807, 2.05) is 0 Å². The number of hydrogen-bond acceptors (Lipinski definition) is 0. The maximum absolute atomic E-state index is 2.48. The molecule has 0 saturated heterocycles. The van der Waals surface area contributed by atoms with Crippen LogP contribution < -0.4 is 0 Å². The van der Waals surface area contributed by atoms with E-state index >= 15 is 0 Å². The lowest BCUT2D eigenvalue weighted by Gasteiger charge is -2.29. The molecule has 1 aliphatic rings. The van der Waals surface area contributed by atoms with Gasteiger partial charge in [0.2, 0.25) is 0 Å². The van der Waals surface area contributed by atoms with E-state index < -0.39 is 0 Å². The van der Waals surface area contributed by atoms with Crippen molar-refractivity contribution in [2.24, 2.45) is 28.6 Å². The zero-order chi connectivity index (χ0) is 11.1. The highest BCUT2D eigenvalue weighted by Crippen LogP contribution is 2.68. The maximum Gasteiger partial charge on any atom is -0.0264 e. The van der Waals surface area contributed by atoms with Gasteiger partial charge in [0.15, 0.2) is 0 Å². The summed E-state index contributed by atoms with van der Waals surface area (Å²) in [4.78, 5) is 0. The van der Waals surface area contributed by atoms with Gasteiger partial charge in [-0.05, 0) is 35.0 Å². The molecule has 84 valence electrons. The van der Waals surface area contributed by atoms with Gasteiger partial charge in [-0.3, -0.25) is 0 Å². The van der Waals surface area contributed by atoms with Crippen LogP contribution >= 0.6 is 0 Å². The average Bonchev–Trinajstić information content (AvgIpc) is 2.54. The van der Waals surface area contributed by atoms with Crippen molar-refractivity contribution in [2.75, 3.05) is 0 Å². The highest BCUT2D eigenvalue weighted by molar-refractivity contribution is 5.10. The second-order valence-corrected chi connectivity index (χ2v) is 6.71. The van der Waals surface area contributed by atoms with E-state index in [0.29, 0.717) is 10.8 Å². The summed E-state index contributed by atoms with van der Waals surface area (Å²) in [5.41, 5.74) is 1.18. The minimum absolute atomic E-state index is 0.540. The fraction of sp³-hybridized carbons (Fsp3) is 1.00. The fourth-order valence-corrected chi connectivity index (χ4v) is 4.09. The Morgan fingerprint density at radius 1 is 1.29 bits per heavy atom. The Morgan fingerprint density at radius 3 is 2.07 bits per heavy atom. The van der Waals surface area contributed by atoms with Crippen LogP contribution in [0.15, 0.2) is 0 Å². The van der Waals surface area contributed by atoms with Crippen LogP contribution in [0.5, 0.6) is 0 Å². The molecule has 0 bridgehead atoms. The molecule has 1 rings (SSSR count). The predicted molar refractivity (Wildman–Crippen MR) is 64.3 cm³/mol. The van der Waals surface area contributed by atoms with Crippen molar-refractivity contribution in [2.45, 2.75) is 61.3 Å². The summed E-state index contributed by atoms with van der Waals surface area (Å²) < 4.78 is 0. The van der Waals surface area contributed by atoms with Gasteiger partial charge in [0, 0.05) is 0 Å². The average molecular weight is 196 g/mol. The molecule has 14 heavy (non-hydrogen) atoms. The van der Waals surface area contributed by atoms with Gasteiger partial charge >= 0.3 is 0 Å². The Morgan fingerprint density at radius 2 is 1.79 bits per heavy atom. The quantitative estimate of drug-likeness (QED) is 0.609. The van der Waals surface area contributed by atoms with Crippen molar-refractivity contribution >= 4 is 0 Å². The maximum atomic E-state index is 2.48. The number of rotatable bonds is 4. The first kappa shape index (κ1) is 12.1. The Kier molecular flexibility index (Phi) is 3.05. The highest BCUT2D eigenvalue weighted by atomic mass is 14.7. The highest BCUT2D eigenvalue weighted by Gasteiger charge is 2.62. The molecule has 1 saturated carbocycles. The minimum atomic E-state index is 0.540. The third kappa shape index (κ3) is 1.85.